The van der Waals surface area contributed by atoms with Crippen molar-refractivity contribution in [2.24, 2.45) is 0 Å². The van der Waals surface area contributed by atoms with Gasteiger partial charge in [-0.05, 0) is 89.1 Å². The van der Waals surface area contributed by atoms with Crippen LogP contribution in [0.15, 0.2) is 60.8 Å². The first-order valence-electron chi connectivity index (χ1n) is 16.4. The molecule has 0 unspecified atom stereocenters. The molecule has 3 heterocycles. The van der Waals surface area contributed by atoms with E-state index in [1.807, 2.05) is 36.4 Å². The van der Waals surface area contributed by atoms with E-state index >= 15 is 0 Å². The van der Waals surface area contributed by atoms with Crippen LogP contribution in [0.25, 0.3) is 0 Å². The van der Waals surface area contributed by atoms with E-state index in [2.05, 4.69) is 63.4 Å². The molecule has 2 aliphatic heterocycles. The van der Waals surface area contributed by atoms with Crippen LogP contribution in [0.4, 0.5) is 44.6 Å². The second-order valence-electron chi connectivity index (χ2n) is 12.3. The summed E-state index contributed by atoms with van der Waals surface area (Å²) in [5.74, 6) is 1.16. The molecule has 0 atom stereocenters. The molecule has 11 nitrogen and oxygen atoms in total. The number of ether oxygens (including phenoxy) is 2. The number of fused-ring (bicyclic) bond motifs is 2. The minimum absolute atomic E-state index is 0.0249. The van der Waals surface area contributed by atoms with Gasteiger partial charge in [-0.2, -0.15) is 4.98 Å². The summed E-state index contributed by atoms with van der Waals surface area (Å²) in [7, 11) is 1.47. The molecule has 13 heteroatoms. The Morgan fingerprint density at radius 2 is 1.55 bits per heavy atom. The number of carbonyl (C=O) groups is 1. The Hall–Kier alpha value is -4.97. The number of nitrogens with two attached hydrogens (primary N) is 1. The first-order chi connectivity index (χ1) is 23.5. The summed E-state index contributed by atoms with van der Waals surface area (Å²) in [5, 5.41) is 8.69. The van der Waals surface area contributed by atoms with E-state index in [9.17, 15) is 9.18 Å². The van der Waals surface area contributed by atoms with Crippen LogP contribution in [0.1, 0.15) is 50.9 Å². The van der Waals surface area contributed by atoms with E-state index in [0.717, 1.165) is 66.8 Å². The summed E-state index contributed by atoms with van der Waals surface area (Å²) < 4.78 is 26.1. The number of halogens is 2. The van der Waals surface area contributed by atoms with Crippen LogP contribution in [0, 0.1) is 5.82 Å². The summed E-state index contributed by atoms with van der Waals surface area (Å²) in [4.78, 5) is 25.5. The molecule has 0 fully saturated rings. The third-order valence-corrected chi connectivity index (χ3v) is 8.41. The number of para-hydroxylation sites is 1. The highest BCUT2D eigenvalue weighted by molar-refractivity contribution is 6.33. The van der Waals surface area contributed by atoms with Crippen molar-refractivity contribution >= 4 is 57.7 Å². The fourth-order valence-corrected chi connectivity index (χ4v) is 5.85. The molecule has 1 aromatic heterocycles. The zero-order valence-electron chi connectivity index (χ0n) is 28.5. The van der Waals surface area contributed by atoms with Gasteiger partial charge in [-0.25, -0.2) is 9.37 Å². The summed E-state index contributed by atoms with van der Waals surface area (Å²) in [6.45, 7) is 12.1. The van der Waals surface area contributed by atoms with Gasteiger partial charge >= 0.3 is 0 Å². The van der Waals surface area contributed by atoms with Crippen LogP contribution in [0.5, 0.6) is 11.5 Å². The molecule has 0 radical (unpaired) electrons. The maximum Gasteiger partial charge on any atom is 0.253 e. The molecular formula is C36H44ClFN8O3. The highest BCUT2D eigenvalue weighted by Gasteiger charge is 2.21. The fraction of sp³-hybridized carbons (Fsp3) is 0.361. The highest BCUT2D eigenvalue weighted by Crippen LogP contribution is 2.36. The molecule has 0 aliphatic carbocycles. The smallest absolute Gasteiger partial charge is 0.253 e. The van der Waals surface area contributed by atoms with Gasteiger partial charge in [0.05, 0.1) is 42.0 Å². The van der Waals surface area contributed by atoms with Crippen molar-refractivity contribution in [3.8, 4) is 11.5 Å². The van der Waals surface area contributed by atoms with E-state index in [1.54, 1.807) is 0 Å². The fourth-order valence-electron chi connectivity index (χ4n) is 5.71. The van der Waals surface area contributed by atoms with Gasteiger partial charge < -0.3 is 41.0 Å². The Morgan fingerprint density at radius 1 is 0.918 bits per heavy atom. The monoisotopic (exact) mass is 690 g/mol. The number of carbonyl (C=O) groups excluding carboxylic acids is 1. The molecule has 0 saturated carbocycles. The quantitative estimate of drug-likeness (QED) is 0.146. The number of nitrogen functional groups attached to an aromatic ring is 1. The molecule has 0 saturated heterocycles. The zero-order chi connectivity index (χ0) is 35.1. The Kier molecular flexibility index (Phi) is 11.5. The molecule has 49 heavy (non-hydrogen) atoms. The number of benzene rings is 3. The predicted octanol–water partition coefficient (Wildman–Crippen LogP) is 7.38. The van der Waals surface area contributed by atoms with Crippen molar-refractivity contribution in [1.82, 2.24) is 15.3 Å². The van der Waals surface area contributed by atoms with Gasteiger partial charge in [-0.1, -0.05) is 17.7 Å². The largest absolute Gasteiger partial charge is 0.491 e. The Balaban J connectivity index is 0.000000259. The van der Waals surface area contributed by atoms with E-state index < -0.39 is 11.7 Å². The first kappa shape index (κ1) is 35.3. The van der Waals surface area contributed by atoms with Crippen LogP contribution < -0.4 is 41.0 Å². The van der Waals surface area contributed by atoms with Gasteiger partial charge in [0.15, 0.2) is 5.82 Å². The molecule has 1 amide bonds. The number of hydrogen-bond acceptors (Lipinski definition) is 10. The lowest BCUT2D eigenvalue weighted by Crippen LogP contribution is -2.31. The van der Waals surface area contributed by atoms with Crippen LogP contribution in [-0.2, 0) is 0 Å². The summed E-state index contributed by atoms with van der Waals surface area (Å²) in [5.41, 5.74) is 9.60. The van der Waals surface area contributed by atoms with E-state index in [-0.39, 0.29) is 28.0 Å². The molecular weight excluding hydrogens is 647 g/mol. The van der Waals surface area contributed by atoms with Crippen LogP contribution in [0.2, 0.25) is 5.02 Å². The van der Waals surface area contributed by atoms with Crippen molar-refractivity contribution in [3.05, 3.63) is 77.2 Å². The van der Waals surface area contributed by atoms with E-state index in [4.69, 9.17) is 26.8 Å². The highest BCUT2D eigenvalue weighted by atomic mass is 35.5. The Labute approximate surface area is 292 Å². The van der Waals surface area contributed by atoms with Crippen molar-refractivity contribution in [3.63, 3.8) is 0 Å². The zero-order valence-corrected chi connectivity index (χ0v) is 29.3. The topological polar surface area (TPSA) is 130 Å². The number of rotatable bonds is 7. The molecule has 0 spiro atoms. The number of nitrogens with zero attached hydrogens (tertiary/aromatic N) is 4. The van der Waals surface area contributed by atoms with E-state index in [1.165, 1.54) is 31.4 Å². The lowest BCUT2D eigenvalue weighted by molar-refractivity contribution is 0.0963. The average Bonchev–Trinajstić information content (AvgIpc) is 3.43. The van der Waals surface area contributed by atoms with Gasteiger partial charge in [-0.3, -0.25) is 4.79 Å². The average molecular weight is 691 g/mol. The minimum Gasteiger partial charge on any atom is -0.491 e. The first-order valence-corrected chi connectivity index (χ1v) is 16.8. The SMILES string of the molecule is CC(C)N1CCCOc2ccc(N)cc21.CNC(=O)c1cccc(F)c1Nc1nc(Nc2ccc3c(c2)N(C(C)C)CCCO3)ncc1Cl. The van der Waals surface area contributed by atoms with E-state index in [0.29, 0.717) is 18.7 Å². The summed E-state index contributed by atoms with van der Waals surface area (Å²) in [6, 6.07) is 16.7. The molecule has 2 aliphatic rings. The number of nitrogens with one attached hydrogen (secondary N) is 3. The number of amides is 1. The molecule has 0 bridgehead atoms. The Bertz CT molecular complexity index is 1770. The van der Waals surface area contributed by atoms with Gasteiger partial charge in [0.2, 0.25) is 5.95 Å². The normalized spacial score (nSPS) is 13.9. The predicted molar refractivity (Wildman–Crippen MR) is 196 cm³/mol. The van der Waals surface area contributed by atoms with Gasteiger partial charge in [0.1, 0.15) is 22.3 Å². The van der Waals surface area contributed by atoms with Crippen molar-refractivity contribution in [1.29, 1.82) is 0 Å². The molecule has 4 aromatic rings. The second-order valence-corrected chi connectivity index (χ2v) is 12.7. The molecule has 3 aromatic carbocycles. The molecule has 6 rings (SSSR count). The number of hydrogen-bond donors (Lipinski definition) is 4. The molecule has 5 N–H and O–H groups in total. The van der Waals surface area contributed by atoms with Gasteiger partial charge in [-0.15, -0.1) is 0 Å². The maximum atomic E-state index is 14.5. The second kappa shape index (κ2) is 16.0. The van der Waals surface area contributed by atoms with Gasteiger partial charge in [0.25, 0.3) is 5.91 Å². The summed E-state index contributed by atoms with van der Waals surface area (Å²) >= 11 is 6.27. The number of anilines is 7. The standard InChI is InChI=1S/C24H26ClFN6O2.C12H18N2O/c1-14(2)32-10-5-11-34-20-9-8-15(12-19(20)32)29-24-28-13-17(25)22(31-24)30-21-16(23(33)27-3)6-4-7-18(21)26;1-9(2)14-6-3-7-15-12-5-4-10(13)8-11(12)14/h4,6-9,12-14H,5,10-11H2,1-3H3,(H,27,33)(H2,28,29,30,31);4-5,8-9H,3,6-7,13H2,1-2H3. The number of aromatic nitrogens is 2. The summed E-state index contributed by atoms with van der Waals surface area (Å²) in [6.07, 6.45) is 3.42. The van der Waals surface area contributed by atoms with Gasteiger partial charge in [0, 0.05) is 43.6 Å². The minimum atomic E-state index is -0.607. The lowest BCUT2D eigenvalue weighted by atomic mass is 10.1. The van der Waals surface area contributed by atoms with Crippen molar-refractivity contribution < 1.29 is 18.7 Å². The van der Waals surface area contributed by atoms with Crippen LogP contribution >= 0.6 is 11.6 Å². The van der Waals surface area contributed by atoms with Crippen molar-refractivity contribution in [2.45, 2.75) is 52.6 Å². The third-order valence-electron chi connectivity index (χ3n) is 8.14. The van der Waals surface area contributed by atoms with Crippen LogP contribution in [-0.4, -0.2) is 61.3 Å². The third kappa shape index (κ3) is 8.55. The molecule has 260 valence electrons. The van der Waals surface area contributed by atoms with Crippen molar-refractivity contribution in [2.75, 3.05) is 59.5 Å². The lowest BCUT2D eigenvalue weighted by Gasteiger charge is -2.28. The maximum absolute atomic E-state index is 14.5. The van der Waals surface area contributed by atoms with Crippen LogP contribution in [0.3, 0.4) is 0 Å². The Morgan fingerprint density at radius 3 is 2.18 bits per heavy atom.